The molecule has 2 aliphatic rings. The Kier molecular flexibility index (Phi) is 8.68. The molecule has 2 aliphatic heterocycles. The van der Waals surface area contributed by atoms with Gasteiger partial charge >= 0.3 is 12.1 Å². The zero-order chi connectivity index (χ0) is 29.9. The molecule has 2 saturated heterocycles. The quantitative estimate of drug-likeness (QED) is 0.285. The van der Waals surface area contributed by atoms with Crippen molar-refractivity contribution in [3.63, 3.8) is 0 Å². The highest BCUT2D eigenvalue weighted by Gasteiger charge is 2.40. The Hall–Kier alpha value is -3.72. The molecule has 3 aromatic rings. The molecule has 0 radical (unpaired) electrons. The number of carboxylic acid groups (broad SMARTS) is 1. The Bertz CT molecular complexity index is 1350. The second-order valence-electron chi connectivity index (χ2n) is 11.2. The van der Waals surface area contributed by atoms with E-state index in [1.807, 2.05) is 38.1 Å². The van der Waals surface area contributed by atoms with Crippen LogP contribution in [0.1, 0.15) is 54.6 Å². The molecule has 0 aliphatic carbocycles. The van der Waals surface area contributed by atoms with Crippen molar-refractivity contribution in [2.45, 2.75) is 45.8 Å². The number of piperidine rings is 1. The third-order valence-electron chi connectivity index (χ3n) is 8.47. The van der Waals surface area contributed by atoms with Gasteiger partial charge in [0.1, 0.15) is 11.5 Å². The topological polar surface area (TPSA) is 62.2 Å². The van der Waals surface area contributed by atoms with Gasteiger partial charge in [0, 0.05) is 25.3 Å². The van der Waals surface area contributed by atoms with E-state index in [-0.39, 0.29) is 5.41 Å². The summed E-state index contributed by atoms with van der Waals surface area (Å²) in [6, 6.07) is 16.2. The summed E-state index contributed by atoms with van der Waals surface area (Å²) in [6.45, 7) is 9.20. The van der Waals surface area contributed by atoms with E-state index in [2.05, 4.69) is 9.80 Å². The summed E-state index contributed by atoms with van der Waals surface area (Å²) in [5, 5.41) is 9.19. The largest absolute Gasteiger partial charge is 0.493 e. The Morgan fingerprint density at radius 3 is 1.98 bits per heavy atom. The number of nitrogens with zero attached hydrogens (tertiary/aromatic N) is 2. The van der Waals surface area contributed by atoms with Crippen molar-refractivity contribution >= 4 is 11.7 Å². The van der Waals surface area contributed by atoms with Crippen LogP contribution in [0.15, 0.2) is 60.7 Å². The summed E-state index contributed by atoms with van der Waals surface area (Å²) >= 11 is 0. The molecule has 224 valence electrons. The number of benzene rings is 3. The van der Waals surface area contributed by atoms with Gasteiger partial charge in [-0.2, -0.15) is 13.2 Å². The lowest BCUT2D eigenvalue weighted by atomic mass is 9.77. The van der Waals surface area contributed by atoms with E-state index < -0.39 is 17.7 Å². The van der Waals surface area contributed by atoms with Gasteiger partial charge in [-0.3, -0.25) is 4.90 Å². The zero-order valence-corrected chi connectivity index (χ0v) is 24.0. The van der Waals surface area contributed by atoms with Crippen LogP contribution in [0.4, 0.5) is 18.9 Å². The first kappa shape index (κ1) is 29.8. The zero-order valence-electron chi connectivity index (χ0n) is 24.0. The maximum absolute atomic E-state index is 13.2. The highest BCUT2D eigenvalue weighted by atomic mass is 19.4. The summed E-state index contributed by atoms with van der Waals surface area (Å²) < 4.78 is 51.5. The van der Waals surface area contributed by atoms with Gasteiger partial charge in [0.05, 0.1) is 29.9 Å². The minimum atomic E-state index is -4.40. The number of alkyl halides is 3. The summed E-state index contributed by atoms with van der Waals surface area (Å²) in [5.74, 6) is 0.293. The van der Waals surface area contributed by atoms with Crippen molar-refractivity contribution in [3.05, 3.63) is 77.4 Å². The molecule has 1 spiro atoms. The molecule has 0 aromatic heterocycles. The number of hydrogen-bond acceptors (Lipinski definition) is 5. The van der Waals surface area contributed by atoms with E-state index in [1.165, 1.54) is 12.1 Å². The van der Waals surface area contributed by atoms with E-state index >= 15 is 0 Å². The average Bonchev–Trinajstić information content (AvgIpc) is 3.38. The first-order valence-corrected chi connectivity index (χ1v) is 14.5. The first-order chi connectivity index (χ1) is 20.1. The summed E-state index contributed by atoms with van der Waals surface area (Å²) in [5.41, 5.74) is 3.25. The highest BCUT2D eigenvalue weighted by Crippen LogP contribution is 2.44. The van der Waals surface area contributed by atoms with Crippen LogP contribution in [0.5, 0.6) is 11.5 Å². The molecule has 3 aromatic carbocycles. The van der Waals surface area contributed by atoms with Gasteiger partial charge in [0.25, 0.3) is 0 Å². The lowest BCUT2D eigenvalue weighted by Gasteiger charge is -2.39. The van der Waals surface area contributed by atoms with Crippen molar-refractivity contribution in [2.24, 2.45) is 5.41 Å². The number of rotatable bonds is 9. The number of ether oxygens (including phenoxy) is 2. The summed E-state index contributed by atoms with van der Waals surface area (Å²) in [4.78, 5) is 16.0. The van der Waals surface area contributed by atoms with Crippen molar-refractivity contribution in [1.29, 1.82) is 0 Å². The lowest BCUT2D eigenvalue weighted by molar-refractivity contribution is -0.137. The van der Waals surface area contributed by atoms with E-state index in [0.29, 0.717) is 41.4 Å². The molecular formula is C33H37F3N2O4. The Balaban J connectivity index is 1.28. The summed E-state index contributed by atoms with van der Waals surface area (Å²) in [7, 11) is 0. The molecular weight excluding hydrogens is 545 g/mol. The number of hydrogen-bond donors (Lipinski definition) is 1. The van der Waals surface area contributed by atoms with Crippen LogP contribution in [0.3, 0.4) is 0 Å². The monoisotopic (exact) mass is 582 g/mol. The number of anilines is 1. The Labute approximate surface area is 244 Å². The van der Waals surface area contributed by atoms with Gasteiger partial charge in [0.15, 0.2) is 0 Å². The van der Waals surface area contributed by atoms with Crippen LogP contribution in [0.25, 0.3) is 11.1 Å². The molecule has 2 heterocycles. The van der Waals surface area contributed by atoms with Gasteiger partial charge < -0.3 is 19.5 Å². The molecule has 0 saturated carbocycles. The van der Waals surface area contributed by atoms with Gasteiger partial charge in [-0.05, 0) is 111 Å². The number of likely N-dealkylation sites (tertiary alicyclic amines) is 1. The van der Waals surface area contributed by atoms with E-state index in [1.54, 1.807) is 12.1 Å². The molecule has 42 heavy (non-hydrogen) atoms. The first-order valence-electron chi connectivity index (χ1n) is 14.5. The predicted molar refractivity (Wildman–Crippen MR) is 156 cm³/mol. The standard InChI is InChI=1S/C33H37F3N2O4/c1-3-41-28-19-23(20-29(42-4-2)30(28)24-5-9-26(10-6-24)33(34,35)36)21-37-16-13-32(14-17-37)15-18-38(22-32)27-11-7-25(8-12-27)31(39)40/h5-12,19-20H,3-4,13-18,21-22H2,1-2H3,(H,39,40). The molecule has 2 fully saturated rings. The van der Waals surface area contributed by atoms with E-state index in [9.17, 15) is 23.1 Å². The van der Waals surface area contributed by atoms with Crippen LogP contribution in [-0.4, -0.2) is 55.4 Å². The highest BCUT2D eigenvalue weighted by molar-refractivity contribution is 5.88. The average molecular weight is 583 g/mol. The normalized spacial score (nSPS) is 17.0. The SMILES string of the molecule is CCOc1cc(CN2CCC3(CC2)CCN(c2ccc(C(=O)O)cc2)C3)cc(OCC)c1-c1ccc(C(F)(F)F)cc1. The van der Waals surface area contributed by atoms with Crippen LogP contribution >= 0.6 is 0 Å². The predicted octanol–water partition coefficient (Wildman–Crippen LogP) is 7.36. The minimum absolute atomic E-state index is 0.251. The molecule has 9 heteroatoms. The molecule has 0 amide bonds. The molecule has 0 bridgehead atoms. The summed E-state index contributed by atoms with van der Waals surface area (Å²) in [6.07, 6.45) is -1.12. The second-order valence-corrected chi connectivity index (χ2v) is 11.2. The fourth-order valence-corrected chi connectivity index (χ4v) is 6.21. The van der Waals surface area contributed by atoms with E-state index in [0.717, 1.165) is 75.4 Å². The number of aromatic carboxylic acids is 1. The van der Waals surface area contributed by atoms with Crippen LogP contribution in [-0.2, 0) is 12.7 Å². The van der Waals surface area contributed by atoms with Crippen molar-refractivity contribution in [2.75, 3.05) is 44.3 Å². The van der Waals surface area contributed by atoms with Crippen molar-refractivity contribution < 1.29 is 32.5 Å². The molecule has 6 nitrogen and oxygen atoms in total. The smallest absolute Gasteiger partial charge is 0.416 e. The fraction of sp³-hybridized carbons (Fsp3) is 0.424. The van der Waals surface area contributed by atoms with Gasteiger partial charge in [-0.1, -0.05) is 12.1 Å². The van der Waals surface area contributed by atoms with E-state index in [4.69, 9.17) is 9.47 Å². The van der Waals surface area contributed by atoms with Gasteiger partial charge in [-0.25, -0.2) is 4.79 Å². The second kappa shape index (κ2) is 12.3. The Morgan fingerprint density at radius 1 is 0.881 bits per heavy atom. The Morgan fingerprint density at radius 2 is 1.45 bits per heavy atom. The number of halogens is 3. The minimum Gasteiger partial charge on any atom is -0.493 e. The van der Waals surface area contributed by atoms with Crippen molar-refractivity contribution in [3.8, 4) is 22.6 Å². The fourth-order valence-electron chi connectivity index (χ4n) is 6.21. The molecule has 0 atom stereocenters. The van der Waals surface area contributed by atoms with Crippen molar-refractivity contribution in [1.82, 2.24) is 4.90 Å². The van der Waals surface area contributed by atoms with Gasteiger partial charge in [-0.15, -0.1) is 0 Å². The number of carboxylic acids is 1. The maximum Gasteiger partial charge on any atom is 0.416 e. The number of carbonyl (C=O) groups is 1. The molecule has 0 unspecified atom stereocenters. The third-order valence-corrected chi connectivity index (χ3v) is 8.47. The van der Waals surface area contributed by atoms with Crippen LogP contribution in [0, 0.1) is 5.41 Å². The third kappa shape index (κ3) is 6.51. The van der Waals surface area contributed by atoms with Gasteiger partial charge in [0.2, 0.25) is 0 Å². The molecule has 5 rings (SSSR count). The molecule has 1 N–H and O–H groups in total. The van der Waals surface area contributed by atoms with Crippen LogP contribution in [0.2, 0.25) is 0 Å². The lowest BCUT2D eigenvalue weighted by Crippen LogP contribution is -2.41. The van der Waals surface area contributed by atoms with Crippen LogP contribution < -0.4 is 14.4 Å². The maximum atomic E-state index is 13.2.